The van der Waals surface area contributed by atoms with Gasteiger partial charge < -0.3 is 25.8 Å². The van der Waals surface area contributed by atoms with Crippen LogP contribution in [0.25, 0.3) is 33.5 Å². The lowest BCUT2D eigenvalue weighted by atomic mass is 10.1. The van der Waals surface area contributed by atoms with Crippen LogP contribution in [0.5, 0.6) is 11.5 Å². The van der Waals surface area contributed by atoms with Crippen LogP contribution in [0.15, 0.2) is 113 Å². The quantitative estimate of drug-likeness (QED) is 0.0383. The lowest BCUT2D eigenvalue weighted by molar-refractivity contribution is 0.318. The van der Waals surface area contributed by atoms with Gasteiger partial charge >= 0.3 is 0 Å². The van der Waals surface area contributed by atoms with Crippen LogP contribution in [0.4, 0.5) is 26.0 Å². The van der Waals surface area contributed by atoms with Crippen LogP contribution in [0.1, 0.15) is 34.7 Å². The van der Waals surface area contributed by atoms with Crippen molar-refractivity contribution in [1.29, 1.82) is 10.5 Å². The van der Waals surface area contributed by atoms with Crippen molar-refractivity contribution in [3.05, 3.63) is 158 Å². The Kier molecular flexibility index (Phi) is 23.2. The van der Waals surface area contributed by atoms with Crippen LogP contribution < -0.4 is 36.3 Å². The number of nitrogens with zero attached hydrogens (tertiary/aromatic N) is 6. The number of ether oxygens (including phenoxy) is 2. The molecule has 0 aliphatic heterocycles. The Morgan fingerprint density at radius 1 is 0.658 bits per heavy atom. The third-order valence-corrected chi connectivity index (χ3v) is 13.5. The van der Waals surface area contributed by atoms with Crippen LogP contribution in [0.3, 0.4) is 0 Å². The van der Waals surface area contributed by atoms with E-state index in [4.69, 9.17) is 65.6 Å². The molecule has 8 aromatic rings. The number of aromatic nitrogens is 5. The van der Waals surface area contributed by atoms with Gasteiger partial charge in [0.05, 0.1) is 42.1 Å². The standard InChI is InChI=1S/C20H15ClFN3O3S.C20H18FN5O3S.C7H4Cl2N2.C2H6O.H4N2.H2O/c1-12-9-18(24-20(21)16(12)11-23)13-3-5-14(6-4-13)25-29(26,27)19-10-15(28-2)7-8-17(19)22;1-11-9-16(23-20-18(11)19(22)24-25-20)12-3-5-13(6-4-12)26-30(27,28)17-10-14(29-2)7-8-15(17)21;1-4-2-6(8)11-7(9)5(4)3-10;1-2-3;1-2;/h3-10,25H,1-2H3;3-10,26H,1-2H3,(H3,22,23,24,25);2H,1H3;3H,2H2,1H3;1-2H2;1H2. The Morgan fingerprint density at radius 3 is 1.45 bits per heavy atom. The van der Waals surface area contributed by atoms with Gasteiger partial charge in [0.1, 0.15) is 66.3 Å². The fourth-order valence-corrected chi connectivity index (χ4v) is 9.66. The average molecular weight is 1140 g/mol. The molecule has 0 saturated carbocycles. The molecule has 0 radical (unpaired) electrons. The van der Waals surface area contributed by atoms with E-state index in [1.54, 1.807) is 69.3 Å². The highest BCUT2D eigenvalue weighted by atomic mass is 35.5. The molecule has 0 amide bonds. The van der Waals surface area contributed by atoms with Gasteiger partial charge in [-0.3, -0.25) is 26.2 Å². The number of sulfonamides is 2. The van der Waals surface area contributed by atoms with Gasteiger partial charge in [-0.25, -0.2) is 40.6 Å². The van der Waals surface area contributed by atoms with Gasteiger partial charge in [0.25, 0.3) is 20.0 Å². The molecule has 4 aromatic heterocycles. The van der Waals surface area contributed by atoms with Crippen molar-refractivity contribution in [2.24, 2.45) is 11.7 Å². The number of rotatable bonds is 10. The molecule has 0 aliphatic rings. The van der Waals surface area contributed by atoms with Crippen molar-refractivity contribution in [1.82, 2.24) is 25.1 Å². The minimum atomic E-state index is -4.15. The number of hydrogen-bond acceptors (Lipinski definition) is 16. The first-order valence-corrected chi connectivity index (χ1v) is 25.5. The number of aliphatic hydroxyl groups is 1. The Morgan fingerprint density at radius 2 is 1.05 bits per heavy atom. The van der Waals surface area contributed by atoms with Gasteiger partial charge in [0, 0.05) is 41.2 Å². The van der Waals surface area contributed by atoms with Crippen molar-refractivity contribution in [2.75, 3.05) is 36.0 Å². The summed E-state index contributed by atoms with van der Waals surface area (Å²) < 4.78 is 93.0. The summed E-state index contributed by atoms with van der Waals surface area (Å²) in [5.74, 6) is 7.16. The second-order valence-corrected chi connectivity index (χ2v) is 19.5. The number of aromatic amines is 1. The summed E-state index contributed by atoms with van der Waals surface area (Å²) in [7, 11) is -5.55. The average Bonchev–Trinajstić information content (AvgIpc) is 3.76. The number of pyridine rings is 3. The molecule has 4 aromatic carbocycles. The summed E-state index contributed by atoms with van der Waals surface area (Å²) in [6.45, 7) is 7.35. The third kappa shape index (κ3) is 15.9. The number of fused-ring (bicyclic) bond motifs is 1. The number of aliphatic hydroxyl groups excluding tert-OH is 1. The normalized spacial score (nSPS) is 10.4. The van der Waals surface area contributed by atoms with Crippen molar-refractivity contribution in [3.8, 4) is 46.2 Å². The molecule has 76 heavy (non-hydrogen) atoms. The van der Waals surface area contributed by atoms with Gasteiger partial charge in [-0.2, -0.15) is 15.6 Å². The monoisotopic (exact) mass is 1140 g/mol. The number of halogens is 5. The predicted molar refractivity (Wildman–Crippen MR) is 289 cm³/mol. The summed E-state index contributed by atoms with van der Waals surface area (Å²) >= 11 is 17.2. The Balaban J connectivity index is 0.000000309. The van der Waals surface area contributed by atoms with E-state index in [0.717, 1.165) is 46.3 Å². The van der Waals surface area contributed by atoms with Crippen LogP contribution in [0.2, 0.25) is 15.5 Å². The Bertz CT molecular complexity index is 3580. The SMILES string of the molecule is CCO.COc1ccc(F)c(S(=O)(=O)Nc2ccc(-c3cc(C)c(C#N)c(Cl)n3)cc2)c1.COc1ccc(F)c(S(=O)(=O)Nc2ccc(-c3cc(C)c4c(N)[nH]nc4n3)cc2)c1.Cc1cc(Cl)nc(Cl)c1C#N.NN.O. The highest BCUT2D eigenvalue weighted by Gasteiger charge is 2.22. The second kappa shape index (κ2) is 28.2. The van der Waals surface area contributed by atoms with Crippen LogP contribution in [-0.4, -0.2) is 73.4 Å². The maximum absolute atomic E-state index is 14.1. The van der Waals surface area contributed by atoms with Gasteiger partial charge in [-0.1, -0.05) is 59.1 Å². The number of methoxy groups -OCH3 is 2. The molecular formula is C49H49Cl3F2N12O8S2. The molecule has 0 aliphatic carbocycles. The van der Waals surface area contributed by atoms with E-state index in [-0.39, 0.29) is 45.3 Å². The number of hydrogen-bond donors (Lipinski definition) is 7. The second-order valence-electron chi connectivity index (χ2n) is 15.1. The number of anilines is 3. The van der Waals surface area contributed by atoms with E-state index in [1.165, 1.54) is 38.5 Å². The molecule has 12 N–H and O–H groups in total. The Labute approximate surface area is 451 Å². The van der Waals surface area contributed by atoms with Gasteiger partial charge in [-0.15, -0.1) is 0 Å². The van der Waals surface area contributed by atoms with E-state index in [1.807, 2.05) is 25.1 Å². The molecule has 0 saturated heterocycles. The summed E-state index contributed by atoms with van der Waals surface area (Å²) in [4.78, 5) is 11.4. The number of aryl methyl sites for hydroxylation is 3. The number of nitriles is 2. The fraction of sp³-hybridized carbons (Fsp3) is 0.143. The van der Waals surface area contributed by atoms with E-state index in [9.17, 15) is 25.6 Å². The lowest BCUT2D eigenvalue weighted by Gasteiger charge is -2.11. The molecule has 4 heterocycles. The Hall–Kier alpha value is -7.75. The molecule has 400 valence electrons. The summed E-state index contributed by atoms with van der Waals surface area (Å²) in [5, 5.41) is 33.4. The molecule has 0 spiro atoms. The summed E-state index contributed by atoms with van der Waals surface area (Å²) in [5.41, 5.74) is 12.6. The highest BCUT2D eigenvalue weighted by Crippen LogP contribution is 2.31. The number of H-pyrrole nitrogens is 1. The van der Waals surface area contributed by atoms with E-state index < -0.39 is 41.5 Å². The van der Waals surface area contributed by atoms with Crippen molar-refractivity contribution >= 4 is 83.1 Å². The van der Waals surface area contributed by atoms with E-state index in [0.29, 0.717) is 50.3 Å². The fourth-order valence-electron chi connectivity index (χ4n) is 6.50. The van der Waals surface area contributed by atoms with Crippen molar-refractivity contribution < 1.29 is 45.7 Å². The maximum atomic E-state index is 14.1. The van der Waals surface area contributed by atoms with Gasteiger partial charge in [0.2, 0.25) is 0 Å². The highest BCUT2D eigenvalue weighted by molar-refractivity contribution is 7.93. The van der Waals surface area contributed by atoms with Gasteiger partial charge in [-0.05, 0) is 111 Å². The first-order chi connectivity index (χ1) is 35.6. The van der Waals surface area contributed by atoms with Crippen LogP contribution in [0, 0.1) is 55.1 Å². The molecule has 20 nitrogen and oxygen atoms in total. The molecule has 27 heteroatoms. The lowest BCUT2D eigenvalue weighted by Crippen LogP contribution is -2.14. The van der Waals surface area contributed by atoms with Crippen LogP contribution in [-0.2, 0) is 20.0 Å². The number of nitrogen functional groups attached to an aromatic ring is 1. The zero-order chi connectivity index (χ0) is 55.8. The van der Waals surface area contributed by atoms with Crippen molar-refractivity contribution in [2.45, 2.75) is 37.5 Å². The zero-order valence-electron chi connectivity index (χ0n) is 41.0. The molecular weight excluding hydrogens is 1090 g/mol. The first-order valence-electron chi connectivity index (χ1n) is 21.4. The largest absolute Gasteiger partial charge is 0.497 e. The van der Waals surface area contributed by atoms with E-state index >= 15 is 0 Å². The minimum absolute atomic E-state index is 0. The minimum Gasteiger partial charge on any atom is -0.497 e. The number of nitrogens with one attached hydrogen (secondary N) is 3. The molecule has 0 fully saturated rings. The number of benzene rings is 4. The number of nitrogens with two attached hydrogens (primary N) is 3. The molecule has 0 atom stereocenters. The zero-order valence-corrected chi connectivity index (χ0v) is 44.9. The van der Waals surface area contributed by atoms with Gasteiger partial charge in [0.15, 0.2) is 5.65 Å². The predicted octanol–water partition coefficient (Wildman–Crippen LogP) is 8.56. The first kappa shape index (κ1) is 62.5. The number of hydrazine groups is 1. The third-order valence-electron chi connectivity index (χ3n) is 10.0. The molecule has 8 rings (SSSR count). The molecule has 0 bridgehead atoms. The molecule has 0 unspecified atom stereocenters. The van der Waals surface area contributed by atoms with Crippen LogP contribution >= 0.6 is 34.8 Å². The maximum Gasteiger partial charge on any atom is 0.264 e. The topological polar surface area (TPSA) is 356 Å². The van der Waals surface area contributed by atoms with E-state index in [2.05, 4.69) is 46.3 Å². The summed E-state index contributed by atoms with van der Waals surface area (Å²) in [6, 6.07) is 29.0. The van der Waals surface area contributed by atoms with Crippen molar-refractivity contribution in [3.63, 3.8) is 0 Å². The smallest absolute Gasteiger partial charge is 0.264 e. The summed E-state index contributed by atoms with van der Waals surface area (Å²) in [6.07, 6.45) is 0.